The molecule has 120 valence electrons. The second-order valence-electron chi connectivity index (χ2n) is 5.12. The first-order valence-corrected chi connectivity index (χ1v) is 9.54. The minimum atomic E-state index is -3.57. The first-order valence-electron chi connectivity index (χ1n) is 7.26. The fourth-order valence-corrected chi connectivity index (χ4v) is 4.03. The highest BCUT2D eigenvalue weighted by molar-refractivity contribution is 9.10. The number of aromatic nitrogens is 1. The van der Waals surface area contributed by atoms with Crippen molar-refractivity contribution in [1.82, 2.24) is 9.71 Å². The van der Waals surface area contributed by atoms with Gasteiger partial charge in [0.2, 0.25) is 10.0 Å². The van der Waals surface area contributed by atoms with Crippen molar-refractivity contribution in [2.24, 2.45) is 0 Å². The second kappa shape index (κ2) is 8.70. The molecule has 5 nitrogen and oxygen atoms in total. The smallest absolute Gasteiger partial charge is 0.244 e. The average Bonchev–Trinajstić information content (AvgIpc) is 2.43. The van der Waals surface area contributed by atoms with Crippen LogP contribution in [0.25, 0.3) is 0 Å². The number of rotatable bonds is 9. The minimum Gasteiger partial charge on any atom is -0.372 e. The van der Waals surface area contributed by atoms with Gasteiger partial charge in [-0.3, -0.25) is 0 Å². The van der Waals surface area contributed by atoms with Crippen LogP contribution in [-0.2, 0) is 10.0 Å². The van der Waals surface area contributed by atoms with E-state index in [2.05, 4.69) is 37.9 Å². The molecule has 1 unspecified atom stereocenters. The number of hydrogen-bond donors (Lipinski definition) is 2. The van der Waals surface area contributed by atoms with Gasteiger partial charge in [-0.05, 0) is 35.3 Å². The van der Waals surface area contributed by atoms with Crippen molar-refractivity contribution in [2.75, 3.05) is 12.4 Å². The molecule has 0 aliphatic heterocycles. The minimum absolute atomic E-state index is 0.0875. The lowest BCUT2D eigenvalue weighted by atomic mass is 10.1. The molecule has 0 radical (unpaired) electrons. The van der Waals surface area contributed by atoms with E-state index >= 15 is 0 Å². The molecule has 7 heteroatoms. The van der Waals surface area contributed by atoms with E-state index in [-0.39, 0.29) is 10.9 Å². The van der Waals surface area contributed by atoms with Gasteiger partial charge in [0.25, 0.3) is 0 Å². The summed E-state index contributed by atoms with van der Waals surface area (Å²) >= 11 is 3.26. The Balaban J connectivity index is 2.75. The monoisotopic (exact) mass is 377 g/mol. The van der Waals surface area contributed by atoms with E-state index < -0.39 is 10.0 Å². The third-order valence-corrected chi connectivity index (χ3v) is 5.23. The zero-order chi connectivity index (χ0) is 15.9. The van der Waals surface area contributed by atoms with Crippen molar-refractivity contribution in [2.45, 2.75) is 56.9 Å². The molecule has 0 aliphatic carbocycles. The van der Waals surface area contributed by atoms with Crippen LogP contribution in [0.4, 0.5) is 5.82 Å². The number of sulfonamides is 1. The second-order valence-corrected chi connectivity index (χ2v) is 7.72. The fourth-order valence-electron chi connectivity index (χ4n) is 2.08. The quantitative estimate of drug-likeness (QED) is 0.645. The van der Waals surface area contributed by atoms with Crippen LogP contribution in [0.5, 0.6) is 0 Å². The summed E-state index contributed by atoms with van der Waals surface area (Å²) in [4.78, 5) is 4.25. The van der Waals surface area contributed by atoms with Crippen LogP contribution in [0.15, 0.2) is 21.6 Å². The zero-order valence-corrected chi connectivity index (χ0v) is 15.2. The van der Waals surface area contributed by atoms with Gasteiger partial charge < -0.3 is 5.32 Å². The van der Waals surface area contributed by atoms with Crippen molar-refractivity contribution >= 4 is 31.8 Å². The number of hydrogen-bond acceptors (Lipinski definition) is 4. The van der Waals surface area contributed by atoms with Gasteiger partial charge in [-0.2, -0.15) is 0 Å². The van der Waals surface area contributed by atoms with Crippen LogP contribution < -0.4 is 10.0 Å². The van der Waals surface area contributed by atoms with Crippen molar-refractivity contribution in [3.05, 3.63) is 16.7 Å². The Kier molecular flexibility index (Phi) is 7.62. The molecule has 0 bridgehead atoms. The number of pyridine rings is 1. The summed E-state index contributed by atoms with van der Waals surface area (Å²) in [5.74, 6) is 0.351. The van der Waals surface area contributed by atoms with Gasteiger partial charge in [-0.25, -0.2) is 18.1 Å². The average molecular weight is 378 g/mol. The standard InChI is InChI=1S/C14H24BrN3O2S/c1-4-5-6-7-8-11(2)18-21(19,20)13-9-12(15)10-17-14(13)16-3/h9-11,18H,4-8H2,1-3H3,(H,16,17). The molecule has 1 atom stereocenters. The largest absolute Gasteiger partial charge is 0.372 e. The van der Waals surface area contributed by atoms with Crippen molar-refractivity contribution in [3.63, 3.8) is 0 Å². The first-order chi connectivity index (χ1) is 9.90. The molecular formula is C14H24BrN3O2S. The third kappa shape index (κ3) is 5.92. The van der Waals surface area contributed by atoms with E-state index in [0.29, 0.717) is 10.3 Å². The first kappa shape index (κ1) is 18.4. The summed E-state index contributed by atoms with van der Waals surface area (Å²) in [5.41, 5.74) is 0. The van der Waals surface area contributed by atoms with Crippen LogP contribution in [-0.4, -0.2) is 26.5 Å². The van der Waals surface area contributed by atoms with Gasteiger partial charge in [-0.1, -0.05) is 32.6 Å². The fraction of sp³-hybridized carbons (Fsp3) is 0.643. The zero-order valence-electron chi connectivity index (χ0n) is 12.8. The molecular weight excluding hydrogens is 354 g/mol. The Labute approximate surface area is 136 Å². The summed E-state index contributed by atoms with van der Waals surface area (Å²) in [6.45, 7) is 4.06. The molecule has 1 aromatic heterocycles. The molecule has 0 spiro atoms. The van der Waals surface area contributed by atoms with Gasteiger partial charge in [0.1, 0.15) is 10.7 Å². The van der Waals surface area contributed by atoms with Crippen molar-refractivity contribution in [3.8, 4) is 0 Å². The Morgan fingerprint density at radius 2 is 2.05 bits per heavy atom. The molecule has 1 aromatic rings. The van der Waals surface area contributed by atoms with Crippen molar-refractivity contribution < 1.29 is 8.42 Å². The molecule has 1 heterocycles. The molecule has 0 saturated carbocycles. The van der Waals surface area contributed by atoms with Gasteiger partial charge in [0, 0.05) is 23.8 Å². The maximum Gasteiger partial charge on any atom is 0.244 e. The highest BCUT2D eigenvalue weighted by Crippen LogP contribution is 2.23. The number of nitrogens with zero attached hydrogens (tertiary/aromatic N) is 1. The highest BCUT2D eigenvalue weighted by atomic mass is 79.9. The highest BCUT2D eigenvalue weighted by Gasteiger charge is 2.21. The molecule has 0 aliphatic rings. The molecule has 0 amide bonds. The van der Waals surface area contributed by atoms with Gasteiger partial charge in [-0.15, -0.1) is 0 Å². The van der Waals surface area contributed by atoms with Gasteiger partial charge in [0.05, 0.1) is 0 Å². The summed E-state index contributed by atoms with van der Waals surface area (Å²) in [5, 5.41) is 2.81. The number of nitrogens with one attached hydrogen (secondary N) is 2. The van der Waals surface area contributed by atoms with Crippen LogP contribution in [0.3, 0.4) is 0 Å². The number of unbranched alkanes of at least 4 members (excludes halogenated alkanes) is 3. The van der Waals surface area contributed by atoms with E-state index in [1.807, 2.05) is 6.92 Å². The van der Waals surface area contributed by atoms with Gasteiger partial charge >= 0.3 is 0 Å². The molecule has 0 fully saturated rings. The maximum atomic E-state index is 12.5. The Hall–Kier alpha value is -0.660. The molecule has 21 heavy (non-hydrogen) atoms. The SMILES string of the molecule is CCCCCCC(C)NS(=O)(=O)c1cc(Br)cnc1NC. The van der Waals surface area contributed by atoms with Crippen LogP contribution in [0.2, 0.25) is 0 Å². The van der Waals surface area contributed by atoms with E-state index in [4.69, 9.17) is 0 Å². The normalized spacial score (nSPS) is 13.1. The summed E-state index contributed by atoms with van der Waals surface area (Å²) in [6, 6.07) is 1.47. The maximum absolute atomic E-state index is 12.5. The van der Waals surface area contributed by atoms with Gasteiger partial charge in [0.15, 0.2) is 0 Å². The number of halogens is 1. The Morgan fingerprint density at radius 3 is 2.67 bits per heavy atom. The van der Waals surface area contributed by atoms with Crippen LogP contribution in [0.1, 0.15) is 46.0 Å². The Morgan fingerprint density at radius 1 is 1.33 bits per heavy atom. The van der Waals surface area contributed by atoms with E-state index in [1.165, 1.54) is 12.8 Å². The summed E-state index contributed by atoms with van der Waals surface area (Å²) in [7, 11) is -1.92. The summed E-state index contributed by atoms with van der Waals surface area (Å²) in [6.07, 6.45) is 6.96. The predicted molar refractivity (Wildman–Crippen MR) is 90.0 cm³/mol. The topological polar surface area (TPSA) is 71.1 Å². The van der Waals surface area contributed by atoms with Crippen molar-refractivity contribution in [1.29, 1.82) is 0 Å². The Bertz CT molecular complexity index is 549. The van der Waals surface area contributed by atoms with E-state index in [0.717, 1.165) is 19.3 Å². The van der Waals surface area contributed by atoms with Crippen LogP contribution in [0, 0.1) is 0 Å². The van der Waals surface area contributed by atoms with Crippen LogP contribution >= 0.6 is 15.9 Å². The van der Waals surface area contributed by atoms with E-state index in [1.54, 1.807) is 19.3 Å². The lowest BCUT2D eigenvalue weighted by Gasteiger charge is -2.16. The molecule has 1 rings (SSSR count). The van der Waals surface area contributed by atoms with E-state index in [9.17, 15) is 8.42 Å². The lowest BCUT2D eigenvalue weighted by molar-refractivity contribution is 0.522. The molecule has 0 saturated heterocycles. The lowest BCUT2D eigenvalue weighted by Crippen LogP contribution is -2.33. The molecule has 0 aromatic carbocycles. The molecule has 2 N–H and O–H groups in total. The third-order valence-electron chi connectivity index (χ3n) is 3.19. The predicted octanol–water partition coefficient (Wildman–Crippen LogP) is 3.52. The number of anilines is 1. The summed E-state index contributed by atoms with van der Waals surface area (Å²) < 4.78 is 28.3.